The summed E-state index contributed by atoms with van der Waals surface area (Å²) in [6, 6.07) is 12.1. The second kappa shape index (κ2) is 7.22. The number of ether oxygens (including phenoxy) is 1. The van der Waals surface area contributed by atoms with Gasteiger partial charge in [0, 0.05) is 0 Å². The Morgan fingerprint density at radius 1 is 1.25 bits per heavy atom. The lowest BCUT2D eigenvalue weighted by Gasteiger charge is -2.16. The quantitative estimate of drug-likeness (QED) is 0.882. The number of alkyl halides is 1. The van der Waals surface area contributed by atoms with Crippen LogP contribution in [0.15, 0.2) is 42.5 Å². The SMILES string of the molecule is CCOC(=O)C(F)[C@H](N)c1ccc2ccccc2c1.Cl. The number of fused-ring (bicyclic) bond motifs is 1. The number of nitrogens with two attached hydrogens (primary N) is 1. The predicted molar refractivity (Wildman–Crippen MR) is 79.7 cm³/mol. The molecule has 3 nitrogen and oxygen atoms in total. The highest BCUT2D eigenvalue weighted by Crippen LogP contribution is 2.23. The lowest BCUT2D eigenvalue weighted by molar-refractivity contribution is -0.149. The van der Waals surface area contributed by atoms with Crippen LogP contribution in [0.3, 0.4) is 0 Å². The Hall–Kier alpha value is -1.65. The fourth-order valence-corrected chi connectivity index (χ4v) is 1.95. The number of halogens is 2. The van der Waals surface area contributed by atoms with Crippen LogP contribution in [0.25, 0.3) is 10.8 Å². The molecule has 5 heteroatoms. The first-order valence-corrected chi connectivity index (χ1v) is 6.18. The zero-order chi connectivity index (χ0) is 13.8. The van der Waals surface area contributed by atoms with Gasteiger partial charge >= 0.3 is 5.97 Å². The van der Waals surface area contributed by atoms with E-state index in [1.807, 2.05) is 30.3 Å². The summed E-state index contributed by atoms with van der Waals surface area (Å²) in [5, 5.41) is 2.01. The van der Waals surface area contributed by atoms with Gasteiger partial charge in [-0.3, -0.25) is 0 Å². The maximum Gasteiger partial charge on any atom is 0.342 e. The van der Waals surface area contributed by atoms with E-state index in [1.165, 1.54) is 0 Å². The van der Waals surface area contributed by atoms with Gasteiger partial charge in [0.25, 0.3) is 0 Å². The first kappa shape index (κ1) is 16.4. The molecule has 0 amide bonds. The van der Waals surface area contributed by atoms with Crippen LogP contribution in [0, 0.1) is 0 Å². The number of esters is 1. The zero-order valence-corrected chi connectivity index (χ0v) is 11.9. The Morgan fingerprint density at radius 3 is 2.55 bits per heavy atom. The molecule has 2 rings (SSSR count). The fourth-order valence-electron chi connectivity index (χ4n) is 1.95. The maximum absolute atomic E-state index is 13.9. The standard InChI is InChI=1S/C15H16FNO2.ClH/c1-2-19-15(18)13(16)14(17)12-8-7-10-5-3-4-6-11(10)9-12;/h3-9,13-14H,2,17H2,1H3;1H/t13?,14-;/m1./s1. The number of carbonyl (C=O) groups is 1. The topological polar surface area (TPSA) is 52.3 Å². The van der Waals surface area contributed by atoms with Gasteiger partial charge in [0.05, 0.1) is 12.6 Å². The van der Waals surface area contributed by atoms with Gasteiger partial charge < -0.3 is 10.5 Å². The van der Waals surface area contributed by atoms with E-state index in [4.69, 9.17) is 5.73 Å². The lowest BCUT2D eigenvalue weighted by Crippen LogP contribution is -2.31. The molecule has 2 N–H and O–H groups in total. The van der Waals surface area contributed by atoms with E-state index in [-0.39, 0.29) is 19.0 Å². The maximum atomic E-state index is 13.9. The zero-order valence-electron chi connectivity index (χ0n) is 11.1. The van der Waals surface area contributed by atoms with Gasteiger partial charge in [-0.15, -0.1) is 12.4 Å². The van der Waals surface area contributed by atoms with Crippen LogP contribution in [0.4, 0.5) is 4.39 Å². The number of hydrogen-bond donors (Lipinski definition) is 1. The molecular weight excluding hydrogens is 281 g/mol. The third-order valence-electron chi connectivity index (χ3n) is 2.99. The molecule has 0 saturated heterocycles. The van der Waals surface area contributed by atoms with Gasteiger partial charge in [-0.2, -0.15) is 0 Å². The van der Waals surface area contributed by atoms with Crippen molar-refractivity contribution in [2.24, 2.45) is 5.73 Å². The minimum absolute atomic E-state index is 0. The van der Waals surface area contributed by atoms with E-state index in [0.717, 1.165) is 10.8 Å². The molecule has 1 unspecified atom stereocenters. The summed E-state index contributed by atoms with van der Waals surface area (Å²) >= 11 is 0. The molecule has 0 aliphatic carbocycles. The van der Waals surface area contributed by atoms with Gasteiger partial charge in [-0.1, -0.05) is 36.4 Å². The Morgan fingerprint density at radius 2 is 1.90 bits per heavy atom. The van der Waals surface area contributed by atoms with Crippen LogP contribution >= 0.6 is 12.4 Å². The van der Waals surface area contributed by atoms with Gasteiger partial charge in [-0.25, -0.2) is 9.18 Å². The summed E-state index contributed by atoms with van der Waals surface area (Å²) in [6.07, 6.45) is -1.85. The minimum Gasteiger partial charge on any atom is -0.464 e. The third-order valence-corrected chi connectivity index (χ3v) is 2.99. The molecule has 0 bridgehead atoms. The van der Waals surface area contributed by atoms with E-state index in [9.17, 15) is 9.18 Å². The van der Waals surface area contributed by atoms with E-state index in [1.54, 1.807) is 19.1 Å². The summed E-state index contributed by atoms with van der Waals surface area (Å²) in [5.74, 6) is -0.914. The highest BCUT2D eigenvalue weighted by Gasteiger charge is 2.27. The van der Waals surface area contributed by atoms with E-state index >= 15 is 0 Å². The Kier molecular flexibility index (Phi) is 5.92. The molecule has 0 radical (unpaired) electrons. The summed E-state index contributed by atoms with van der Waals surface area (Å²) in [5.41, 5.74) is 6.37. The summed E-state index contributed by atoms with van der Waals surface area (Å²) in [7, 11) is 0. The highest BCUT2D eigenvalue weighted by molar-refractivity contribution is 5.85. The molecule has 0 aliphatic rings. The van der Waals surface area contributed by atoms with Gasteiger partial charge in [0.1, 0.15) is 0 Å². The first-order chi connectivity index (χ1) is 9.13. The van der Waals surface area contributed by atoms with Gasteiger partial charge in [0.2, 0.25) is 6.17 Å². The molecule has 0 spiro atoms. The van der Waals surface area contributed by atoms with E-state index < -0.39 is 18.2 Å². The number of hydrogen-bond acceptors (Lipinski definition) is 3. The van der Waals surface area contributed by atoms with Crippen molar-refractivity contribution in [2.75, 3.05) is 6.61 Å². The van der Waals surface area contributed by atoms with Crippen molar-refractivity contribution in [1.29, 1.82) is 0 Å². The van der Waals surface area contributed by atoms with Crippen molar-refractivity contribution in [1.82, 2.24) is 0 Å². The van der Waals surface area contributed by atoms with Crippen LogP contribution in [0.5, 0.6) is 0 Å². The summed E-state index contributed by atoms with van der Waals surface area (Å²) in [6.45, 7) is 1.77. The molecule has 20 heavy (non-hydrogen) atoms. The Bertz CT molecular complexity index is 591. The van der Waals surface area contributed by atoms with Crippen molar-refractivity contribution in [3.8, 4) is 0 Å². The third kappa shape index (κ3) is 3.46. The minimum atomic E-state index is -1.85. The molecule has 2 atom stereocenters. The number of rotatable bonds is 4. The monoisotopic (exact) mass is 297 g/mol. The van der Waals surface area contributed by atoms with Crippen LogP contribution in [-0.2, 0) is 9.53 Å². The molecule has 108 valence electrons. The Balaban J connectivity index is 0.00000200. The summed E-state index contributed by atoms with van der Waals surface area (Å²) < 4.78 is 18.5. The predicted octanol–water partition coefficient (Wildman–Crippen LogP) is 3.16. The van der Waals surface area contributed by atoms with Crippen LogP contribution in [0.2, 0.25) is 0 Å². The van der Waals surface area contributed by atoms with Crippen LogP contribution in [0.1, 0.15) is 18.5 Å². The summed E-state index contributed by atoms with van der Waals surface area (Å²) in [4.78, 5) is 11.3. The molecule has 0 heterocycles. The molecular formula is C15H17ClFNO2. The van der Waals surface area contributed by atoms with Crippen molar-refractivity contribution < 1.29 is 13.9 Å². The second-order valence-electron chi connectivity index (χ2n) is 4.29. The average Bonchev–Trinajstić information content (AvgIpc) is 2.45. The van der Waals surface area contributed by atoms with E-state index in [2.05, 4.69) is 4.74 Å². The molecule has 2 aromatic carbocycles. The molecule has 0 aromatic heterocycles. The van der Waals surface area contributed by atoms with Crippen molar-refractivity contribution >= 4 is 29.1 Å². The van der Waals surface area contributed by atoms with Crippen molar-refractivity contribution in [3.05, 3.63) is 48.0 Å². The highest BCUT2D eigenvalue weighted by atomic mass is 35.5. The van der Waals surface area contributed by atoms with Gasteiger partial charge in [-0.05, 0) is 29.3 Å². The van der Waals surface area contributed by atoms with Crippen LogP contribution in [-0.4, -0.2) is 18.7 Å². The Labute approximate surface area is 123 Å². The molecule has 0 aliphatic heterocycles. The molecule has 0 saturated carbocycles. The molecule has 2 aromatic rings. The van der Waals surface area contributed by atoms with Crippen molar-refractivity contribution in [2.45, 2.75) is 19.1 Å². The van der Waals surface area contributed by atoms with Crippen LogP contribution < -0.4 is 5.73 Å². The largest absolute Gasteiger partial charge is 0.464 e. The fraction of sp³-hybridized carbons (Fsp3) is 0.267. The molecule has 0 fully saturated rings. The number of carbonyl (C=O) groups excluding carboxylic acids is 1. The number of benzene rings is 2. The van der Waals surface area contributed by atoms with Gasteiger partial charge in [0.15, 0.2) is 0 Å². The lowest BCUT2D eigenvalue weighted by atomic mass is 9.99. The van der Waals surface area contributed by atoms with E-state index in [0.29, 0.717) is 5.56 Å². The smallest absolute Gasteiger partial charge is 0.342 e. The van der Waals surface area contributed by atoms with Crippen molar-refractivity contribution in [3.63, 3.8) is 0 Å². The average molecular weight is 298 g/mol. The second-order valence-corrected chi connectivity index (χ2v) is 4.29. The first-order valence-electron chi connectivity index (χ1n) is 6.18. The normalized spacial score (nSPS) is 13.3.